The normalized spacial score (nSPS) is 17.0. The van der Waals surface area contributed by atoms with Crippen LogP contribution in [-0.2, 0) is 0 Å². The molecule has 144 valence electrons. The molecule has 0 spiro atoms. The molecule has 1 fully saturated rings. The van der Waals surface area contributed by atoms with E-state index in [0.29, 0.717) is 29.5 Å². The molecule has 0 radical (unpaired) electrons. The van der Waals surface area contributed by atoms with Gasteiger partial charge >= 0.3 is 0 Å². The van der Waals surface area contributed by atoms with Gasteiger partial charge in [-0.15, -0.1) is 10.2 Å². The summed E-state index contributed by atoms with van der Waals surface area (Å²) in [5.74, 6) is 0.623. The third-order valence-electron chi connectivity index (χ3n) is 5.34. The molecule has 28 heavy (non-hydrogen) atoms. The van der Waals surface area contributed by atoms with E-state index in [4.69, 9.17) is 4.42 Å². The van der Waals surface area contributed by atoms with E-state index >= 15 is 0 Å². The van der Waals surface area contributed by atoms with Gasteiger partial charge in [-0.05, 0) is 74.2 Å². The molecule has 0 N–H and O–H groups in total. The molecular weight excluding hydrogens is 357 g/mol. The van der Waals surface area contributed by atoms with Gasteiger partial charge in [0.25, 0.3) is 5.91 Å². The number of carbonyl (C=O) groups excluding carboxylic acids is 1. The highest BCUT2D eigenvalue weighted by Crippen LogP contribution is 2.29. The Hall–Kier alpha value is -3.02. The van der Waals surface area contributed by atoms with Crippen LogP contribution in [0.15, 0.2) is 46.9 Å². The van der Waals surface area contributed by atoms with Crippen LogP contribution in [0.2, 0.25) is 0 Å². The van der Waals surface area contributed by atoms with E-state index in [1.165, 1.54) is 17.7 Å². The summed E-state index contributed by atoms with van der Waals surface area (Å²) in [4.78, 5) is 14.8. The summed E-state index contributed by atoms with van der Waals surface area (Å²) in [6.07, 6.45) is 1.78. The van der Waals surface area contributed by atoms with Crippen LogP contribution in [0.25, 0.3) is 11.5 Å². The third-order valence-corrected chi connectivity index (χ3v) is 5.34. The molecule has 1 unspecified atom stereocenters. The number of benzene rings is 2. The lowest BCUT2D eigenvalue weighted by Crippen LogP contribution is -2.39. The molecule has 5 nitrogen and oxygen atoms in total. The van der Waals surface area contributed by atoms with Crippen LogP contribution in [-0.4, -0.2) is 34.1 Å². The number of aromatic nitrogens is 2. The van der Waals surface area contributed by atoms with Crippen LogP contribution in [0.5, 0.6) is 0 Å². The number of halogens is 1. The van der Waals surface area contributed by atoms with Crippen LogP contribution in [0, 0.1) is 19.7 Å². The quantitative estimate of drug-likeness (QED) is 0.672. The zero-order valence-corrected chi connectivity index (χ0v) is 16.0. The van der Waals surface area contributed by atoms with Gasteiger partial charge in [0.05, 0.1) is 5.92 Å². The molecule has 2 heterocycles. The molecule has 0 aliphatic carbocycles. The standard InChI is InChI=1S/C22H22FN3O2/c1-14-5-6-17(12-15(14)2)22(27)26-11-3-4-18(13-26)21-25-24-20(28-21)16-7-9-19(23)10-8-16/h5-10,12,18H,3-4,11,13H2,1-2H3. The van der Waals surface area contributed by atoms with Crippen molar-refractivity contribution in [3.8, 4) is 11.5 Å². The van der Waals surface area contributed by atoms with Crippen molar-refractivity contribution in [1.29, 1.82) is 0 Å². The number of nitrogens with zero attached hydrogens (tertiary/aromatic N) is 3. The fraction of sp³-hybridized carbons (Fsp3) is 0.318. The van der Waals surface area contributed by atoms with Crippen molar-refractivity contribution >= 4 is 5.91 Å². The fourth-order valence-electron chi connectivity index (χ4n) is 3.53. The predicted molar refractivity (Wildman–Crippen MR) is 103 cm³/mol. The van der Waals surface area contributed by atoms with Gasteiger partial charge in [-0.25, -0.2) is 4.39 Å². The number of aryl methyl sites for hydroxylation is 2. The van der Waals surface area contributed by atoms with Gasteiger partial charge in [0.1, 0.15) is 5.82 Å². The largest absolute Gasteiger partial charge is 0.420 e. The zero-order chi connectivity index (χ0) is 19.7. The van der Waals surface area contributed by atoms with Gasteiger partial charge in [-0.1, -0.05) is 6.07 Å². The van der Waals surface area contributed by atoms with Gasteiger partial charge in [0.2, 0.25) is 11.8 Å². The lowest BCUT2D eigenvalue weighted by atomic mass is 9.97. The van der Waals surface area contributed by atoms with Crippen molar-refractivity contribution in [2.24, 2.45) is 0 Å². The predicted octanol–water partition coefficient (Wildman–Crippen LogP) is 4.51. The number of hydrogen-bond donors (Lipinski definition) is 0. The summed E-state index contributed by atoms with van der Waals surface area (Å²) < 4.78 is 18.9. The van der Waals surface area contributed by atoms with E-state index in [1.807, 2.05) is 36.9 Å². The minimum absolute atomic E-state index is 0.00550. The first-order chi connectivity index (χ1) is 13.5. The Labute approximate surface area is 163 Å². The van der Waals surface area contributed by atoms with Crippen molar-refractivity contribution in [3.63, 3.8) is 0 Å². The third kappa shape index (κ3) is 3.67. The Kier molecular flexibility index (Phi) is 4.94. The highest BCUT2D eigenvalue weighted by Gasteiger charge is 2.29. The molecule has 6 heteroatoms. The van der Waals surface area contributed by atoms with Crippen molar-refractivity contribution < 1.29 is 13.6 Å². The number of carbonyl (C=O) groups is 1. The molecule has 0 saturated carbocycles. The zero-order valence-electron chi connectivity index (χ0n) is 16.0. The van der Waals surface area contributed by atoms with Gasteiger partial charge < -0.3 is 9.32 Å². The van der Waals surface area contributed by atoms with Crippen molar-refractivity contribution in [2.45, 2.75) is 32.6 Å². The topological polar surface area (TPSA) is 59.2 Å². The van der Waals surface area contributed by atoms with Crippen molar-refractivity contribution in [3.05, 3.63) is 70.9 Å². The summed E-state index contributed by atoms with van der Waals surface area (Å²) in [5, 5.41) is 8.28. The number of rotatable bonds is 3. The summed E-state index contributed by atoms with van der Waals surface area (Å²) in [5.41, 5.74) is 3.67. The molecular formula is C22H22FN3O2. The van der Waals surface area contributed by atoms with Crippen LogP contribution in [0.4, 0.5) is 4.39 Å². The van der Waals surface area contributed by atoms with Gasteiger partial charge in [0.15, 0.2) is 0 Å². The first kappa shape index (κ1) is 18.3. The number of piperidine rings is 1. The summed E-state index contributed by atoms with van der Waals surface area (Å²) in [7, 11) is 0. The maximum Gasteiger partial charge on any atom is 0.253 e. The second-order valence-electron chi connectivity index (χ2n) is 7.34. The maximum absolute atomic E-state index is 13.1. The molecule has 1 aliphatic rings. The van der Waals surface area contributed by atoms with E-state index in [9.17, 15) is 9.18 Å². The SMILES string of the molecule is Cc1ccc(C(=O)N2CCCC(c3nnc(-c4ccc(F)cc4)o3)C2)cc1C. The number of amides is 1. The van der Waals surface area contributed by atoms with Crippen molar-refractivity contribution in [2.75, 3.05) is 13.1 Å². The fourth-order valence-corrected chi connectivity index (χ4v) is 3.53. The molecule has 4 rings (SSSR count). The summed E-state index contributed by atoms with van der Waals surface area (Å²) in [6, 6.07) is 11.8. The van der Waals surface area contributed by atoms with Gasteiger partial charge in [-0.3, -0.25) is 4.79 Å². The van der Waals surface area contributed by atoms with Crippen LogP contribution < -0.4 is 0 Å². The van der Waals surface area contributed by atoms with Crippen LogP contribution in [0.1, 0.15) is 46.1 Å². The molecule has 1 aliphatic heterocycles. The van der Waals surface area contributed by atoms with E-state index in [0.717, 1.165) is 24.9 Å². The van der Waals surface area contributed by atoms with Crippen LogP contribution in [0.3, 0.4) is 0 Å². The molecule has 1 atom stereocenters. The number of hydrogen-bond acceptors (Lipinski definition) is 4. The Morgan fingerprint density at radius 3 is 2.64 bits per heavy atom. The second-order valence-corrected chi connectivity index (χ2v) is 7.34. The first-order valence-corrected chi connectivity index (χ1v) is 9.47. The molecule has 1 amide bonds. The lowest BCUT2D eigenvalue weighted by Gasteiger charge is -2.31. The Balaban J connectivity index is 1.50. The smallest absolute Gasteiger partial charge is 0.253 e. The minimum atomic E-state index is -0.309. The molecule has 0 bridgehead atoms. The molecule has 1 saturated heterocycles. The highest BCUT2D eigenvalue weighted by molar-refractivity contribution is 5.94. The van der Waals surface area contributed by atoms with E-state index in [1.54, 1.807) is 12.1 Å². The monoisotopic (exact) mass is 379 g/mol. The van der Waals surface area contributed by atoms with E-state index in [2.05, 4.69) is 10.2 Å². The van der Waals surface area contributed by atoms with E-state index in [-0.39, 0.29) is 17.6 Å². The van der Waals surface area contributed by atoms with Crippen molar-refractivity contribution in [1.82, 2.24) is 15.1 Å². The lowest BCUT2D eigenvalue weighted by molar-refractivity contribution is 0.0698. The molecule has 3 aromatic rings. The van der Waals surface area contributed by atoms with Gasteiger partial charge in [0, 0.05) is 24.2 Å². The first-order valence-electron chi connectivity index (χ1n) is 9.47. The average molecular weight is 379 g/mol. The summed E-state index contributed by atoms with van der Waals surface area (Å²) >= 11 is 0. The van der Waals surface area contributed by atoms with Gasteiger partial charge in [-0.2, -0.15) is 0 Å². The number of likely N-dealkylation sites (tertiary alicyclic amines) is 1. The van der Waals surface area contributed by atoms with E-state index < -0.39 is 0 Å². The Bertz CT molecular complexity index is 997. The Morgan fingerprint density at radius 2 is 1.89 bits per heavy atom. The average Bonchev–Trinajstić information content (AvgIpc) is 3.20. The molecule has 1 aromatic heterocycles. The molecule has 2 aromatic carbocycles. The minimum Gasteiger partial charge on any atom is -0.420 e. The Morgan fingerprint density at radius 1 is 1.11 bits per heavy atom. The highest BCUT2D eigenvalue weighted by atomic mass is 19.1. The van der Waals surface area contributed by atoms with Crippen LogP contribution >= 0.6 is 0 Å². The second kappa shape index (κ2) is 7.54. The maximum atomic E-state index is 13.1. The summed E-state index contributed by atoms with van der Waals surface area (Å²) in [6.45, 7) is 5.33.